The molecule has 3 N–H and O–H groups in total. The number of halogens is 1. The highest BCUT2D eigenvalue weighted by Gasteiger charge is 2.32. The van der Waals surface area contributed by atoms with Crippen molar-refractivity contribution < 1.29 is 18.8 Å². The van der Waals surface area contributed by atoms with Gasteiger partial charge < -0.3 is 20.4 Å². The third kappa shape index (κ3) is 8.17. The van der Waals surface area contributed by atoms with Gasteiger partial charge in [0.05, 0.1) is 28.7 Å². The number of piperazine rings is 2. The molecule has 3 amide bonds. The van der Waals surface area contributed by atoms with E-state index in [9.17, 15) is 23.6 Å². The van der Waals surface area contributed by atoms with Gasteiger partial charge in [0.1, 0.15) is 5.82 Å². The van der Waals surface area contributed by atoms with Crippen LogP contribution in [0.5, 0.6) is 0 Å². The molecule has 12 nitrogen and oxygen atoms in total. The maximum Gasteiger partial charge on any atom is 0.272 e. The summed E-state index contributed by atoms with van der Waals surface area (Å²) in [5, 5.41) is 7.97. The molecule has 49 heavy (non-hydrogen) atoms. The van der Waals surface area contributed by atoms with Crippen molar-refractivity contribution in [3.63, 3.8) is 0 Å². The zero-order valence-corrected chi connectivity index (χ0v) is 28.5. The molecule has 6 rings (SSSR count). The van der Waals surface area contributed by atoms with Crippen LogP contribution in [0, 0.1) is 11.7 Å². The monoisotopic (exact) mass is 674 g/mol. The number of piperidine rings is 1. The first kappa shape index (κ1) is 34.7. The molecule has 0 spiro atoms. The summed E-state index contributed by atoms with van der Waals surface area (Å²) in [6.45, 7) is 11.2. The molecule has 0 radical (unpaired) electrons. The Labute approximate surface area is 286 Å². The quantitative estimate of drug-likeness (QED) is 0.367. The van der Waals surface area contributed by atoms with Crippen molar-refractivity contribution in [3.8, 4) is 0 Å². The van der Waals surface area contributed by atoms with Crippen LogP contribution < -0.4 is 11.3 Å². The van der Waals surface area contributed by atoms with E-state index in [0.717, 1.165) is 45.6 Å². The molecule has 13 heteroatoms. The minimum Gasteiger partial charge on any atom is -0.339 e. The van der Waals surface area contributed by atoms with Gasteiger partial charge in [0.15, 0.2) is 0 Å². The van der Waals surface area contributed by atoms with Gasteiger partial charge in [-0.1, -0.05) is 24.3 Å². The van der Waals surface area contributed by atoms with Gasteiger partial charge in [0, 0.05) is 70.7 Å². The van der Waals surface area contributed by atoms with E-state index in [1.807, 2.05) is 17.0 Å². The van der Waals surface area contributed by atoms with E-state index in [0.29, 0.717) is 80.2 Å². The molecule has 3 aliphatic heterocycles. The highest BCUT2D eigenvalue weighted by Crippen LogP contribution is 2.22. The number of nitrogens with zero attached hydrogens (tertiary/aromatic N) is 6. The lowest BCUT2D eigenvalue weighted by Crippen LogP contribution is -2.57. The Balaban J connectivity index is 0.947. The molecule has 3 saturated heterocycles. The third-order valence-corrected chi connectivity index (χ3v) is 10.1. The minimum atomic E-state index is -0.840. The normalized spacial score (nSPS) is 18.7. The standard InChI is InChI=1S/C36H47FN8O4/c1-36(2,38)35(49)45-15-13-42(14-16-45)23-25-9-11-41(12-10-25)24-32(46)43-17-19-44(20-18-43)34(48)29-21-26(7-8-30(29)37)22-31-27-5-3-4-6-28(27)33(47)40-39-31/h3-8,21,25H,9-20,22-24,38H2,1-2H3,(H,40,47). The number of likely N-dealkylation sites (tertiary alicyclic amines) is 1. The van der Waals surface area contributed by atoms with Crippen molar-refractivity contribution in [3.05, 3.63) is 75.5 Å². The number of H-pyrrole nitrogens is 1. The van der Waals surface area contributed by atoms with Gasteiger partial charge in [0.2, 0.25) is 11.8 Å². The largest absolute Gasteiger partial charge is 0.339 e. The van der Waals surface area contributed by atoms with Crippen molar-refractivity contribution in [2.45, 2.75) is 38.6 Å². The van der Waals surface area contributed by atoms with E-state index >= 15 is 0 Å². The number of carbonyl (C=O) groups is 3. The van der Waals surface area contributed by atoms with Gasteiger partial charge in [-0.15, -0.1) is 0 Å². The molecule has 2 aromatic carbocycles. The summed E-state index contributed by atoms with van der Waals surface area (Å²) in [6.07, 6.45) is 2.39. The van der Waals surface area contributed by atoms with E-state index in [2.05, 4.69) is 20.0 Å². The van der Waals surface area contributed by atoms with Crippen molar-refractivity contribution in [1.29, 1.82) is 0 Å². The zero-order chi connectivity index (χ0) is 34.7. The smallest absolute Gasteiger partial charge is 0.272 e. The second-order valence-electron chi connectivity index (χ2n) is 14.2. The van der Waals surface area contributed by atoms with Gasteiger partial charge in [-0.2, -0.15) is 5.10 Å². The van der Waals surface area contributed by atoms with Crippen LogP contribution in [0.15, 0.2) is 47.3 Å². The molecule has 0 unspecified atom stereocenters. The first-order valence-corrected chi connectivity index (χ1v) is 17.3. The van der Waals surface area contributed by atoms with Crippen LogP contribution >= 0.6 is 0 Å². The van der Waals surface area contributed by atoms with E-state index in [-0.39, 0.29) is 22.9 Å². The Bertz CT molecular complexity index is 1730. The lowest BCUT2D eigenvalue weighted by atomic mass is 9.95. The number of nitrogens with one attached hydrogen (secondary N) is 1. The predicted octanol–water partition coefficient (Wildman–Crippen LogP) is 1.53. The summed E-state index contributed by atoms with van der Waals surface area (Å²) in [7, 11) is 0. The van der Waals surface area contributed by atoms with Gasteiger partial charge >= 0.3 is 0 Å². The van der Waals surface area contributed by atoms with Crippen LogP contribution in [-0.2, 0) is 16.0 Å². The fourth-order valence-electron chi connectivity index (χ4n) is 7.20. The summed E-state index contributed by atoms with van der Waals surface area (Å²) in [4.78, 5) is 61.2. The van der Waals surface area contributed by atoms with E-state index in [1.54, 1.807) is 47.9 Å². The first-order chi connectivity index (χ1) is 23.5. The lowest BCUT2D eigenvalue weighted by molar-refractivity contribution is -0.138. The zero-order valence-electron chi connectivity index (χ0n) is 28.5. The van der Waals surface area contributed by atoms with Gasteiger partial charge in [-0.25, -0.2) is 9.49 Å². The number of amides is 3. The number of aromatic nitrogens is 2. The van der Waals surface area contributed by atoms with Crippen LogP contribution in [0.2, 0.25) is 0 Å². The van der Waals surface area contributed by atoms with Crippen molar-refractivity contribution in [2.75, 3.05) is 78.5 Å². The highest BCUT2D eigenvalue weighted by atomic mass is 19.1. The summed E-state index contributed by atoms with van der Waals surface area (Å²) >= 11 is 0. The Hall–Kier alpha value is -4.20. The van der Waals surface area contributed by atoms with Crippen LogP contribution in [0.1, 0.15) is 48.3 Å². The van der Waals surface area contributed by atoms with Crippen LogP contribution in [-0.4, -0.2) is 136 Å². The topological polar surface area (TPSA) is 139 Å². The molecule has 262 valence electrons. The summed E-state index contributed by atoms with van der Waals surface area (Å²) in [6, 6.07) is 11.7. The third-order valence-electron chi connectivity index (χ3n) is 10.1. The van der Waals surface area contributed by atoms with E-state index < -0.39 is 17.3 Å². The fourth-order valence-corrected chi connectivity index (χ4v) is 7.20. The number of aromatic amines is 1. The Morgan fingerprint density at radius 1 is 0.857 bits per heavy atom. The Morgan fingerprint density at radius 3 is 2.16 bits per heavy atom. The van der Waals surface area contributed by atoms with E-state index in [1.165, 1.54) is 6.07 Å². The van der Waals surface area contributed by atoms with Crippen molar-refractivity contribution in [1.82, 2.24) is 34.7 Å². The Kier molecular flexibility index (Phi) is 10.4. The number of rotatable bonds is 8. The molecule has 4 heterocycles. The summed E-state index contributed by atoms with van der Waals surface area (Å²) < 4.78 is 14.9. The number of hydrogen-bond acceptors (Lipinski definition) is 8. The second-order valence-corrected chi connectivity index (χ2v) is 14.2. The second kappa shape index (κ2) is 14.7. The Morgan fingerprint density at radius 2 is 1.49 bits per heavy atom. The highest BCUT2D eigenvalue weighted by molar-refractivity contribution is 5.95. The molecule has 0 bridgehead atoms. The van der Waals surface area contributed by atoms with Crippen molar-refractivity contribution in [2.24, 2.45) is 11.7 Å². The van der Waals surface area contributed by atoms with Crippen LogP contribution in [0.25, 0.3) is 10.8 Å². The molecule has 3 aromatic rings. The molecule has 0 aliphatic carbocycles. The predicted molar refractivity (Wildman–Crippen MR) is 185 cm³/mol. The summed E-state index contributed by atoms with van der Waals surface area (Å²) in [5.74, 6) is -0.361. The average Bonchev–Trinajstić information content (AvgIpc) is 3.10. The number of hydrogen-bond donors (Lipinski definition) is 2. The minimum absolute atomic E-state index is 0.00410. The number of fused-ring (bicyclic) bond motifs is 1. The maximum atomic E-state index is 14.9. The molecular weight excluding hydrogens is 627 g/mol. The molecule has 3 aliphatic rings. The maximum absolute atomic E-state index is 14.9. The number of carbonyl (C=O) groups excluding carboxylic acids is 3. The lowest BCUT2D eigenvalue weighted by Gasteiger charge is -2.40. The molecule has 0 saturated carbocycles. The van der Waals surface area contributed by atoms with E-state index in [4.69, 9.17) is 5.73 Å². The van der Waals surface area contributed by atoms with Crippen LogP contribution in [0.3, 0.4) is 0 Å². The molecule has 3 fully saturated rings. The summed E-state index contributed by atoms with van der Waals surface area (Å²) in [5.41, 5.74) is 6.22. The number of benzene rings is 2. The molecule has 0 atom stereocenters. The van der Waals surface area contributed by atoms with Gasteiger partial charge in [-0.3, -0.25) is 29.0 Å². The molecule has 1 aromatic heterocycles. The fraction of sp³-hybridized carbons (Fsp3) is 0.528. The first-order valence-electron chi connectivity index (χ1n) is 17.3. The van der Waals surface area contributed by atoms with Gasteiger partial charge in [0.25, 0.3) is 11.5 Å². The van der Waals surface area contributed by atoms with Crippen molar-refractivity contribution >= 4 is 28.5 Å². The SMILES string of the molecule is CC(C)(N)C(=O)N1CCN(CC2CCN(CC(=O)N3CCN(C(=O)c4cc(Cc5n[nH]c(=O)c6ccccc56)ccc4F)CC3)CC2)CC1. The van der Waals surface area contributed by atoms with Crippen LogP contribution in [0.4, 0.5) is 4.39 Å². The number of nitrogens with two attached hydrogens (primary N) is 1. The van der Waals surface area contributed by atoms with Gasteiger partial charge in [-0.05, 0) is 69.5 Å². The molecular formula is C36H47FN8O4. The average molecular weight is 675 g/mol.